The molecular weight excluding hydrogens is 615 g/mol. The lowest BCUT2D eigenvalue weighted by Crippen LogP contribution is -2.16. The van der Waals surface area contributed by atoms with Crippen LogP contribution >= 0.6 is 0 Å². The van der Waals surface area contributed by atoms with Crippen LogP contribution in [0.1, 0.15) is 41.0 Å². The van der Waals surface area contributed by atoms with Gasteiger partial charge in [0.1, 0.15) is 0 Å². The number of aromatic nitrogens is 1. The number of para-hydroxylation sites is 1. The Balaban J connectivity index is 1.12. The molecule has 6 aromatic carbocycles. The van der Waals surface area contributed by atoms with Crippen molar-refractivity contribution in [2.45, 2.75) is 32.1 Å². The zero-order chi connectivity index (χ0) is 34.1. The van der Waals surface area contributed by atoms with E-state index in [1.807, 2.05) is 0 Å². The van der Waals surface area contributed by atoms with Crippen molar-refractivity contribution >= 4 is 33.1 Å². The van der Waals surface area contributed by atoms with Gasteiger partial charge < -0.3 is 4.57 Å². The van der Waals surface area contributed by atoms with Gasteiger partial charge in [-0.2, -0.15) is 0 Å². The van der Waals surface area contributed by atoms with E-state index in [9.17, 15) is 0 Å². The number of rotatable bonds is 7. The first-order chi connectivity index (χ1) is 25.2. The first-order valence-corrected chi connectivity index (χ1v) is 18.3. The van der Waals surface area contributed by atoms with Crippen molar-refractivity contribution in [2.24, 2.45) is 5.92 Å². The first-order valence-electron chi connectivity index (χ1n) is 18.3. The quantitative estimate of drug-likeness (QED) is 0.161. The van der Waals surface area contributed by atoms with E-state index < -0.39 is 0 Å². The molecule has 1 heterocycles. The summed E-state index contributed by atoms with van der Waals surface area (Å²) in [5, 5.41) is 2.62. The highest BCUT2D eigenvalue weighted by atomic mass is 15.0. The smallest absolute Gasteiger partial charge is 0.0538 e. The molecule has 0 bridgehead atoms. The van der Waals surface area contributed by atoms with Crippen molar-refractivity contribution in [3.8, 4) is 22.3 Å². The van der Waals surface area contributed by atoms with Gasteiger partial charge in [0.05, 0.1) is 11.0 Å². The molecule has 1 aromatic heterocycles. The molecule has 0 saturated heterocycles. The van der Waals surface area contributed by atoms with Crippen molar-refractivity contribution in [2.75, 3.05) is 0 Å². The Morgan fingerprint density at radius 2 is 1.31 bits per heavy atom. The summed E-state index contributed by atoms with van der Waals surface area (Å²) in [6, 6.07) is 53.7. The van der Waals surface area contributed by atoms with Gasteiger partial charge in [-0.3, -0.25) is 0 Å². The van der Waals surface area contributed by atoms with E-state index in [0.29, 0.717) is 5.92 Å². The van der Waals surface area contributed by atoms with E-state index in [1.165, 1.54) is 77.6 Å². The van der Waals surface area contributed by atoms with Gasteiger partial charge in [0, 0.05) is 22.4 Å². The average Bonchev–Trinajstić information content (AvgIpc) is 3.53. The second-order valence-electron chi connectivity index (χ2n) is 14.1. The van der Waals surface area contributed by atoms with Gasteiger partial charge in [-0.05, 0) is 106 Å². The molecule has 1 nitrogen and oxygen atoms in total. The number of nitrogens with zero attached hydrogens (tertiary/aromatic N) is 1. The van der Waals surface area contributed by atoms with Crippen molar-refractivity contribution in [3.63, 3.8) is 0 Å². The largest absolute Gasteiger partial charge is 0.313 e. The Labute approximate surface area is 301 Å². The second kappa shape index (κ2) is 13.4. The van der Waals surface area contributed by atoms with Crippen molar-refractivity contribution in [3.05, 3.63) is 204 Å². The topological polar surface area (TPSA) is 4.93 Å². The number of aryl methyl sites for hydroxylation is 1. The summed E-state index contributed by atoms with van der Waals surface area (Å²) < 4.78 is 2.47. The highest BCUT2D eigenvalue weighted by Gasteiger charge is 2.26. The monoisotopic (exact) mass is 655 g/mol. The van der Waals surface area contributed by atoms with Gasteiger partial charge >= 0.3 is 0 Å². The third-order valence-electron chi connectivity index (χ3n) is 10.9. The van der Waals surface area contributed by atoms with Gasteiger partial charge in [-0.1, -0.05) is 158 Å². The Kier molecular flexibility index (Phi) is 8.18. The van der Waals surface area contributed by atoms with Crippen molar-refractivity contribution in [1.82, 2.24) is 4.57 Å². The molecule has 51 heavy (non-hydrogen) atoms. The maximum atomic E-state index is 2.52. The molecule has 2 unspecified atom stereocenters. The fourth-order valence-electron chi connectivity index (χ4n) is 8.26. The summed E-state index contributed by atoms with van der Waals surface area (Å²) in [6.07, 6.45) is 17.2. The zero-order valence-electron chi connectivity index (χ0n) is 29.0. The fraction of sp³-hybridized carbons (Fsp3) is 0.120. The first kappa shape index (κ1) is 31.1. The lowest BCUT2D eigenvalue weighted by molar-refractivity contribution is 0.574. The average molecular weight is 656 g/mol. The number of fused-ring (bicyclic) bond motifs is 3. The zero-order valence-corrected chi connectivity index (χ0v) is 29.0. The van der Waals surface area contributed by atoms with E-state index in [-0.39, 0.29) is 5.92 Å². The summed E-state index contributed by atoms with van der Waals surface area (Å²) in [7, 11) is 0. The summed E-state index contributed by atoms with van der Waals surface area (Å²) >= 11 is 0. The minimum Gasteiger partial charge on any atom is -0.313 e. The second-order valence-corrected chi connectivity index (χ2v) is 14.1. The standard InChI is InChI=1S/C50H41N/c1-35-24-25-41(42-28-29-50-48(34-42)45-22-11-12-23-49(45)51(50)44-20-9-4-10-21-44)32-46(35)47-33-40(38-17-7-3-8-18-38)26-27-43(47)31-36-14-13-19-39(30-36)37-15-5-2-6-16-37/h2-9,11-20,22-30,32-34,43,47H,10,21,31H2,1H3. The van der Waals surface area contributed by atoms with E-state index >= 15 is 0 Å². The molecule has 0 aliphatic heterocycles. The molecule has 0 N–H and O–H groups in total. The van der Waals surface area contributed by atoms with Crippen LogP contribution in [0.25, 0.3) is 55.3 Å². The summed E-state index contributed by atoms with van der Waals surface area (Å²) in [6.45, 7) is 2.28. The maximum absolute atomic E-state index is 2.52. The summed E-state index contributed by atoms with van der Waals surface area (Å²) in [4.78, 5) is 0. The van der Waals surface area contributed by atoms with Gasteiger partial charge in [-0.15, -0.1) is 0 Å². The van der Waals surface area contributed by atoms with Crippen molar-refractivity contribution in [1.29, 1.82) is 0 Å². The van der Waals surface area contributed by atoms with E-state index in [4.69, 9.17) is 0 Å². The third kappa shape index (κ3) is 6.00. The van der Waals surface area contributed by atoms with E-state index in [1.54, 1.807) is 0 Å². The Morgan fingerprint density at radius 1 is 0.608 bits per heavy atom. The Morgan fingerprint density at radius 3 is 2.14 bits per heavy atom. The number of allylic oxidation sites excluding steroid dienone is 8. The third-order valence-corrected chi connectivity index (χ3v) is 10.9. The lowest BCUT2D eigenvalue weighted by atomic mass is 9.75. The van der Waals surface area contributed by atoms with Crippen LogP contribution in [0.4, 0.5) is 0 Å². The molecule has 2 atom stereocenters. The predicted octanol–water partition coefficient (Wildman–Crippen LogP) is 13.2. The Hall–Kier alpha value is -5.92. The molecule has 7 aromatic rings. The minimum atomic E-state index is 0.238. The normalized spacial score (nSPS) is 17.1. The van der Waals surface area contributed by atoms with Crippen LogP contribution in [0, 0.1) is 12.8 Å². The lowest BCUT2D eigenvalue weighted by Gasteiger charge is -2.29. The molecular formula is C50H41N. The van der Waals surface area contributed by atoms with Gasteiger partial charge in [0.25, 0.3) is 0 Å². The van der Waals surface area contributed by atoms with Gasteiger partial charge in [0.2, 0.25) is 0 Å². The number of benzene rings is 6. The van der Waals surface area contributed by atoms with Crippen LogP contribution in [-0.2, 0) is 6.42 Å². The molecule has 1 heteroatoms. The molecule has 0 fully saturated rings. The Bertz CT molecular complexity index is 2500. The van der Waals surface area contributed by atoms with Crippen LogP contribution in [-0.4, -0.2) is 4.57 Å². The molecule has 0 spiro atoms. The molecule has 2 aliphatic carbocycles. The molecule has 0 saturated carbocycles. The number of hydrogen-bond acceptors (Lipinski definition) is 0. The van der Waals surface area contributed by atoms with Crippen molar-refractivity contribution < 1.29 is 0 Å². The minimum absolute atomic E-state index is 0.238. The van der Waals surface area contributed by atoms with Crippen LogP contribution in [0.5, 0.6) is 0 Å². The molecule has 9 rings (SSSR count). The van der Waals surface area contributed by atoms with E-state index in [0.717, 1.165) is 19.3 Å². The highest BCUT2D eigenvalue weighted by molar-refractivity contribution is 6.11. The fourth-order valence-corrected chi connectivity index (χ4v) is 8.26. The van der Waals surface area contributed by atoms with Crippen LogP contribution < -0.4 is 0 Å². The SMILES string of the molecule is Cc1ccc(-c2ccc3c(c2)c2ccccc2n3C2=CC=CCC2)cc1C1C=C(c2ccccc2)C=CC1Cc1cccc(-c2ccccc2)c1. The molecule has 0 amide bonds. The molecule has 246 valence electrons. The predicted molar refractivity (Wildman–Crippen MR) is 218 cm³/mol. The number of hydrogen-bond donors (Lipinski definition) is 0. The molecule has 2 aliphatic rings. The maximum Gasteiger partial charge on any atom is 0.0538 e. The summed E-state index contributed by atoms with van der Waals surface area (Å²) in [5.74, 6) is 0.568. The summed E-state index contributed by atoms with van der Waals surface area (Å²) in [5.41, 5.74) is 15.6. The highest BCUT2D eigenvalue weighted by Crippen LogP contribution is 2.42. The molecule has 0 radical (unpaired) electrons. The van der Waals surface area contributed by atoms with Crippen LogP contribution in [0.15, 0.2) is 182 Å². The van der Waals surface area contributed by atoms with Gasteiger partial charge in [0.15, 0.2) is 0 Å². The van der Waals surface area contributed by atoms with E-state index in [2.05, 4.69) is 194 Å². The van der Waals surface area contributed by atoms with Crippen LogP contribution in [0.3, 0.4) is 0 Å². The van der Waals surface area contributed by atoms with Gasteiger partial charge in [-0.25, -0.2) is 0 Å². The van der Waals surface area contributed by atoms with Crippen LogP contribution in [0.2, 0.25) is 0 Å².